The Morgan fingerprint density at radius 2 is 1.95 bits per heavy atom. The van der Waals surface area contributed by atoms with E-state index >= 15 is 0 Å². The van der Waals surface area contributed by atoms with Crippen LogP contribution in [0.1, 0.15) is 25.0 Å². The van der Waals surface area contributed by atoms with Crippen molar-refractivity contribution >= 4 is 15.7 Å². The number of sulfonamides is 1. The molecule has 20 heavy (non-hydrogen) atoms. The first-order chi connectivity index (χ1) is 9.25. The number of nitrogens with zero attached hydrogens (tertiary/aromatic N) is 1. The molecule has 1 saturated heterocycles. The molecule has 1 fully saturated rings. The molecule has 0 radical (unpaired) electrons. The van der Waals surface area contributed by atoms with Gasteiger partial charge in [-0.3, -0.25) is 0 Å². The molecule has 0 bridgehead atoms. The van der Waals surface area contributed by atoms with Gasteiger partial charge in [-0.25, -0.2) is 8.42 Å². The Morgan fingerprint density at radius 1 is 1.30 bits per heavy atom. The summed E-state index contributed by atoms with van der Waals surface area (Å²) in [7, 11) is -3.55. The summed E-state index contributed by atoms with van der Waals surface area (Å²) in [5, 5.41) is 0. The lowest BCUT2D eigenvalue weighted by molar-refractivity contribution is -0.0170. The van der Waals surface area contributed by atoms with Gasteiger partial charge in [-0.1, -0.05) is 6.07 Å². The zero-order chi connectivity index (χ0) is 15.1. The Kier molecular flexibility index (Phi) is 4.09. The third-order valence-electron chi connectivity index (χ3n) is 3.76. The maximum Gasteiger partial charge on any atom is 0.244 e. The molecule has 112 valence electrons. The fraction of sp³-hybridized carbons (Fsp3) is 0.571. The smallest absolute Gasteiger partial charge is 0.244 e. The van der Waals surface area contributed by atoms with Crippen molar-refractivity contribution in [3.8, 4) is 0 Å². The molecule has 5 nitrogen and oxygen atoms in total. The summed E-state index contributed by atoms with van der Waals surface area (Å²) in [6, 6.07) is 3.33. The molecule has 1 aromatic carbocycles. The third-order valence-corrected chi connectivity index (χ3v) is 6.03. The predicted molar refractivity (Wildman–Crippen MR) is 79.1 cm³/mol. The van der Waals surface area contributed by atoms with E-state index in [1.165, 1.54) is 4.31 Å². The molecule has 0 aliphatic carbocycles. The monoisotopic (exact) mass is 298 g/mol. The molecule has 2 unspecified atom stereocenters. The normalized spacial score (nSPS) is 24.8. The SMILES string of the molecule is Cc1ccc(N)c(C)c1S(=O)(=O)N1CC(C)OCC1C. The van der Waals surface area contributed by atoms with Gasteiger partial charge in [0.2, 0.25) is 10.0 Å². The van der Waals surface area contributed by atoms with Crippen molar-refractivity contribution in [2.24, 2.45) is 0 Å². The Bertz CT molecular complexity index is 613. The molecule has 2 rings (SSSR count). The number of morpholine rings is 1. The zero-order valence-electron chi connectivity index (χ0n) is 12.4. The van der Waals surface area contributed by atoms with E-state index in [9.17, 15) is 8.42 Å². The summed E-state index contributed by atoms with van der Waals surface area (Å²) < 4.78 is 32.9. The minimum atomic E-state index is -3.55. The maximum absolute atomic E-state index is 13.0. The minimum Gasteiger partial charge on any atom is -0.398 e. The number of aryl methyl sites for hydroxylation is 1. The number of hydrogen-bond donors (Lipinski definition) is 1. The minimum absolute atomic E-state index is 0.0948. The van der Waals surface area contributed by atoms with E-state index in [0.29, 0.717) is 29.3 Å². The second-order valence-electron chi connectivity index (χ2n) is 5.49. The Balaban J connectivity index is 2.53. The van der Waals surface area contributed by atoms with Crippen LogP contribution in [-0.2, 0) is 14.8 Å². The fourth-order valence-electron chi connectivity index (χ4n) is 2.56. The topological polar surface area (TPSA) is 72.6 Å². The number of ether oxygens (including phenoxy) is 1. The van der Waals surface area contributed by atoms with Crippen LogP contribution in [0.15, 0.2) is 17.0 Å². The van der Waals surface area contributed by atoms with Crippen LogP contribution < -0.4 is 5.73 Å². The number of nitrogens with two attached hydrogens (primary N) is 1. The van der Waals surface area contributed by atoms with Crippen molar-refractivity contribution in [1.82, 2.24) is 4.31 Å². The molecule has 1 aliphatic heterocycles. The predicted octanol–water partition coefficient (Wildman–Crippen LogP) is 1.68. The molecular weight excluding hydrogens is 276 g/mol. The number of nitrogen functional groups attached to an aromatic ring is 1. The molecule has 0 spiro atoms. The number of benzene rings is 1. The first-order valence-electron chi connectivity index (χ1n) is 6.74. The Hall–Kier alpha value is -1.11. The van der Waals surface area contributed by atoms with E-state index in [-0.39, 0.29) is 12.1 Å². The molecule has 6 heteroatoms. The van der Waals surface area contributed by atoms with Gasteiger partial charge in [0.05, 0.1) is 17.6 Å². The van der Waals surface area contributed by atoms with Crippen molar-refractivity contribution in [3.63, 3.8) is 0 Å². The third kappa shape index (κ3) is 2.55. The van der Waals surface area contributed by atoms with Crippen LogP contribution in [0.3, 0.4) is 0 Å². The van der Waals surface area contributed by atoms with Gasteiger partial charge >= 0.3 is 0 Å². The second-order valence-corrected chi connectivity index (χ2v) is 7.32. The Labute approximate surface area is 120 Å². The van der Waals surface area contributed by atoms with E-state index < -0.39 is 10.0 Å². The average Bonchev–Trinajstić information content (AvgIpc) is 2.37. The average molecular weight is 298 g/mol. The highest BCUT2D eigenvalue weighted by Gasteiger charge is 2.36. The summed E-state index contributed by atoms with van der Waals surface area (Å²) in [6.45, 7) is 8.09. The highest BCUT2D eigenvalue weighted by Crippen LogP contribution is 2.30. The van der Waals surface area contributed by atoms with Crippen molar-refractivity contribution in [2.45, 2.75) is 44.7 Å². The van der Waals surface area contributed by atoms with Gasteiger partial charge in [-0.05, 0) is 44.9 Å². The summed E-state index contributed by atoms with van der Waals surface area (Å²) in [5.74, 6) is 0. The van der Waals surface area contributed by atoms with E-state index in [1.807, 2.05) is 13.8 Å². The lowest BCUT2D eigenvalue weighted by atomic mass is 10.1. The van der Waals surface area contributed by atoms with Crippen molar-refractivity contribution in [3.05, 3.63) is 23.3 Å². The van der Waals surface area contributed by atoms with Crippen LogP contribution in [-0.4, -0.2) is 38.0 Å². The van der Waals surface area contributed by atoms with Gasteiger partial charge in [0.25, 0.3) is 0 Å². The molecular formula is C14H22N2O3S. The lowest BCUT2D eigenvalue weighted by Gasteiger charge is -2.36. The first kappa shape index (κ1) is 15.3. The van der Waals surface area contributed by atoms with Gasteiger partial charge in [0.1, 0.15) is 0 Å². The fourth-order valence-corrected chi connectivity index (χ4v) is 4.72. The zero-order valence-corrected chi connectivity index (χ0v) is 13.2. The van der Waals surface area contributed by atoms with Crippen molar-refractivity contribution in [1.29, 1.82) is 0 Å². The molecule has 1 aromatic rings. The van der Waals surface area contributed by atoms with E-state index in [1.54, 1.807) is 26.0 Å². The van der Waals surface area contributed by atoms with Crippen LogP contribution >= 0.6 is 0 Å². The molecule has 0 aromatic heterocycles. The highest BCUT2D eigenvalue weighted by molar-refractivity contribution is 7.89. The molecule has 1 aliphatic rings. The van der Waals surface area contributed by atoms with Gasteiger partial charge in [0, 0.05) is 18.3 Å². The van der Waals surface area contributed by atoms with Gasteiger partial charge in [0.15, 0.2) is 0 Å². The van der Waals surface area contributed by atoms with Crippen molar-refractivity contribution < 1.29 is 13.2 Å². The van der Waals surface area contributed by atoms with Gasteiger partial charge in [-0.15, -0.1) is 0 Å². The second kappa shape index (κ2) is 5.35. The van der Waals surface area contributed by atoms with Crippen LogP contribution in [0, 0.1) is 13.8 Å². The summed E-state index contributed by atoms with van der Waals surface area (Å²) in [4.78, 5) is 0.332. The molecule has 2 atom stereocenters. The number of rotatable bonds is 2. The molecule has 2 N–H and O–H groups in total. The van der Waals surface area contributed by atoms with E-state index in [4.69, 9.17) is 10.5 Å². The highest BCUT2D eigenvalue weighted by atomic mass is 32.2. The summed E-state index contributed by atoms with van der Waals surface area (Å²) in [6.07, 6.45) is -0.0948. The number of hydrogen-bond acceptors (Lipinski definition) is 4. The standard InChI is InChI=1S/C14H22N2O3S/c1-9-5-6-13(15)12(4)14(9)20(17,18)16-7-11(3)19-8-10(16)2/h5-6,10-11H,7-8,15H2,1-4H3. The van der Waals surface area contributed by atoms with Crippen molar-refractivity contribution in [2.75, 3.05) is 18.9 Å². The molecule has 1 heterocycles. The van der Waals surface area contributed by atoms with Crippen LogP contribution in [0.2, 0.25) is 0 Å². The quantitative estimate of drug-likeness (QED) is 0.843. The van der Waals surface area contributed by atoms with Crippen LogP contribution in [0.25, 0.3) is 0 Å². The van der Waals surface area contributed by atoms with Gasteiger partial charge in [-0.2, -0.15) is 4.31 Å². The Morgan fingerprint density at radius 3 is 2.60 bits per heavy atom. The van der Waals surface area contributed by atoms with E-state index in [0.717, 1.165) is 5.56 Å². The molecule has 0 saturated carbocycles. The first-order valence-corrected chi connectivity index (χ1v) is 8.18. The van der Waals surface area contributed by atoms with E-state index in [2.05, 4.69) is 0 Å². The lowest BCUT2D eigenvalue weighted by Crippen LogP contribution is -2.50. The van der Waals surface area contributed by atoms with Gasteiger partial charge < -0.3 is 10.5 Å². The maximum atomic E-state index is 13.0. The summed E-state index contributed by atoms with van der Waals surface area (Å²) in [5.41, 5.74) is 7.72. The number of anilines is 1. The largest absolute Gasteiger partial charge is 0.398 e. The van der Waals surface area contributed by atoms with Crippen LogP contribution in [0.4, 0.5) is 5.69 Å². The summed E-state index contributed by atoms with van der Waals surface area (Å²) >= 11 is 0. The molecule has 0 amide bonds. The van der Waals surface area contributed by atoms with Crippen LogP contribution in [0.5, 0.6) is 0 Å².